The van der Waals surface area contributed by atoms with Gasteiger partial charge in [0.25, 0.3) is 0 Å². The second-order valence-electron chi connectivity index (χ2n) is 1.71. The van der Waals surface area contributed by atoms with Crippen LogP contribution in [0.2, 0.25) is 5.15 Å². The van der Waals surface area contributed by atoms with Gasteiger partial charge in [0, 0.05) is 0 Å². The van der Waals surface area contributed by atoms with E-state index in [9.17, 15) is 13.2 Å². The molecule has 0 fully saturated rings. The van der Waals surface area contributed by atoms with E-state index in [1.54, 1.807) is 4.98 Å². The van der Waals surface area contributed by atoms with Gasteiger partial charge < -0.3 is 4.98 Å². The van der Waals surface area contributed by atoms with Crippen LogP contribution in [0.3, 0.4) is 0 Å². The number of hydrogen-bond donors (Lipinski definition) is 1. The average Bonchev–Trinajstić information content (AvgIpc) is 1.97. The fourth-order valence-corrected chi connectivity index (χ4v) is 0.927. The standard InChI is InChI=1S/C5HClF3NS/c6-4-1(7)3(11)2(8)5(9)10-4/h(H,10,11). The van der Waals surface area contributed by atoms with Crippen LogP contribution in [0.1, 0.15) is 0 Å². The van der Waals surface area contributed by atoms with Crippen LogP contribution in [0.15, 0.2) is 0 Å². The maximum Gasteiger partial charge on any atom is 0.229 e. The molecule has 1 N–H and O–H groups in total. The molecule has 6 heteroatoms. The Balaban J connectivity index is 3.59. The summed E-state index contributed by atoms with van der Waals surface area (Å²) in [6.07, 6.45) is 0. The highest BCUT2D eigenvalue weighted by Crippen LogP contribution is 2.16. The lowest BCUT2D eigenvalue weighted by molar-refractivity contribution is 0.461. The highest BCUT2D eigenvalue weighted by atomic mass is 35.5. The van der Waals surface area contributed by atoms with Crippen molar-refractivity contribution in [3.8, 4) is 0 Å². The van der Waals surface area contributed by atoms with E-state index in [0.717, 1.165) is 0 Å². The van der Waals surface area contributed by atoms with Crippen LogP contribution >= 0.6 is 23.8 Å². The molecular weight excluding hydrogens is 199 g/mol. The maximum atomic E-state index is 12.5. The normalized spacial score (nSPS) is 10.2. The van der Waals surface area contributed by atoms with Crippen LogP contribution in [0.25, 0.3) is 0 Å². The third-order valence-electron chi connectivity index (χ3n) is 1.00. The Hall–Kier alpha value is -0.550. The first-order chi connectivity index (χ1) is 5.04. The van der Waals surface area contributed by atoms with Crippen LogP contribution in [0.5, 0.6) is 0 Å². The number of rotatable bonds is 0. The van der Waals surface area contributed by atoms with Crippen molar-refractivity contribution >= 4 is 23.8 Å². The Morgan fingerprint density at radius 1 is 1.18 bits per heavy atom. The molecular formula is C5HClF3NS. The van der Waals surface area contributed by atoms with Crippen LogP contribution in [0.4, 0.5) is 13.2 Å². The highest BCUT2D eigenvalue weighted by Gasteiger charge is 2.11. The molecule has 0 radical (unpaired) electrons. The molecule has 60 valence electrons. The van der Waals surface area contributed by atoms with E-state index in [1.165, 1.54) is 0 Å². The fraction of sp³-hybridized carbons (Fsp3) is 0. The Morgan fingerprint density at radius 3 is 2.27 bits per heavy atom. The molecule has 0 aliphatic heterocycles. The smallest absolute Gasteiger partial charge is 0.229 e. The zero-order valence-corrected chi connectivity index (χ0v) is 6.49. The summed E-state index contributed by atoms with van der Waals surface area (Å²) in [6.45, 7) is 0. The van der Waals surface area contributed by atoms with Gasteiger partial charge in [0.2, 0.25) is 5.95 Å². The third-order valence-corrected chi connectivity index (χ3v) is 1.62. The number of aromatic nitrogens is 1. The maximum absolute atomic E-state index is 12.5. The van der Waals surface area contributed by atoms with Gasteiger partial charge in [-0.05, 0) is 0 Å². The van der Waals surface area contributed by atoms with Crippen molar-refractivity contribution in [1.29, 1.82) is 0 Å². The largest absolute Gasteiger partial charge is 0.318 e. The molecule has 0 atom stereocenters. The van der Waals surface area contributed by atoms with Crippen molar-refractivity contribution in [1.82, 2.24) is 4.98 Å². The van der Waals surface area contributed by atoms with Crippen molar-refractivity contribution in [3.05, 3.63) is 27.2 Å². The topological polar surface area (TPSA) is 15.8 Å². The molecule has 1 aromatic rings. The predicted octanol–water partition coefficient (Wildman–Crippen LogP) is 2.81. The molecule has 0 bridgehead atoms. The second-order valence-corrected chi connectivity index (χ2v) is 2.50. The van der Waals surface area contributed by atoms with E-state index in [-0.39, 0.29) is 0 Å². The summed E-state index contributed by atoms with van der Waals surface area (Å²) in [4.78, 5) is 1.63. The zero-order valence-electron chi connectivity index (χ0n) is 4.92. The van der Waals surface area contributed by atoms with E-state index >= 15 is 0 Å². The molecule has 1 aromatic heterocycles. The molecule has 0 saturated heterocycles. The number of hydrogen-bond acceptors (Lipinski definition) is 1. The van der Waals surface area contributed by atoms with E-state index in [2.05, 4.69) is 12.2 Å². The summed E-state index contributed by atoms with van der Waals surface area (Å²) >= 11 is 9.26. The number of nitrogens with one attached hydrogen (secondary N) is 1. The molecule has 1 heterocycles. The van der Waals surface area contributed by atoms with E-state index < -0.39 is 27.2 Å². The van der Waals surface area contributed by atoms with E-state index in [1.807, 2.05) is 0 Å². The summed E-state index contributed by atoms with van der Waals surface area (Å²) < 4.78 is 36.3. The van der Waals surface area contributed by atoms with Gasteiger partial charge in [0.1, 0.15) is 9.66 Å². The first kappa shape index (κ1) is 8.55. The second kappa shape index (κ2) is 2.83. The first-order valence-electron chi connectivity index (χ1n) is 2.46. The van der Waals surface area contributed by atoms with Crippen molar-refractivity contribution in [2.75, 3.05) is 0 Å². The quantitative estimate of drug-likeness (QED) is 0.502. The lowest BCUT2D eigenvalue weighted by Crippen LogP contribution is -1.95. The number of H-pyrrole nitrogens is 1. The third kappa shape index (κ3) is 1.39. The van der Waals surface area contributed by atoms with Crippen LogP contribution in [-0.4, -0.2) is 4.98 Å². The van der Waals surface area contributed by atoms with Gasteiger partial charge in [-0.3, -0.25) is 0 Å². The number of halogens is 4. The Labute approximate surface area is 69.8 Å². The molecule has 0 amide bonds. The first-order valence-corrected chi connectivity index (χ1v) is 3.25. The number of pyridine rings is 1. The van der Waals surface area contributed by atoms with Crippen LogP contribution in [-0.2, 0) is 0 Å². The fourth-order valence-electron chi connectivity index (χ4n) is 0.502. The van der Waals surface area contributed by atoms with Gasteiger partial charge in [-0.15, -0.1) is 0 Å². The van der Waals surface area contributed by atoms with Crippen LogP contribution in [0, 0.1) is 22.1 Å². The van der Waals surface area contributed by atoms with Gasteiger partial charge in [0.15, 0.2) is 11.6 Å². The van der Waals surface area contributed by atoms with E-state index in [4.69, 9.17) is 11.6 Å². The average molecular weight is 200 g/mol. The summed E-state index contributed by atoms with van der Waals surface area (Å²) in [6, 6.07) is 0. The summed E-state index contributed by atoms with van der Waals surface area (Å²) in [7, 11) is 0. The molecule has 0 unspecified atom stereocenters. The molecule has 0 spiro atoms. The molecule has 11 heavy (non-hydrogen) atoms. The lowest BCUT2D eigenvalue weighted by atomic mass is 10.4. The summed E-state index contributed by atoms with van der Waals surface area (Å²) in [5.41, 5.74) is 0. The number of aromatic amines is 1. The predicted molar refractivity (Wildman–Crippen MR) is 36.5 cm³/mol. The SMILES string of the molecule is Fc1[nH]c(Cl)c(F)c(=S)c1F. The minimum Gasteiger partial charge on any atom is -0.318 e. The Kier molecular flexibility index (Phi) is 2.20. The molecule has 0 aromatic carbocycles. The van der Waals surface area contributed by atoms with Crippen molar-refractivity contribution in [2.24, 2.45) is 0 Å². The van der Waals surface area contributed by atoms with Gasteiger partial charge in [-0.2, -0.15) is 4.39 Å². The van der Waals surface area contributed by atoms with Gasteiger partial charge >= 0.3 is 0 Å². The van der Waals surface area contributed by atoms with Crippen LogP contribution < -0.4 is 0 Å². The Morgan fingerprint density at radius 2 is 1.73 bits per heavy atom. The van der Waals surface area contributed by atoms with Crippen molar-refractivity contribution in [3.63, 3.8) is 0 Å². The minimum atomic E-state index is -1.43. The molecule has 0 aliphatic carbocycles. The lowest BCUT2D eigenvalue weighted by Gasteiger charge is -1.96. The minimum absolute atomic E-state index is 0.631. The van der Waals surface area contributed by atoms with E-state index in [0.29, 0.717) is 0 Å². The molecule has 0 saturated carbocycles. The van der Waals surface area contributed by atoms with Crippen molar-refractivity contribution < 1.29 is 13.2 Å². The zero-order chi connectivity index (χ0) is 8.59. The Bertz CT molecular complexity index is 319. The van der Waals surface area contributed by atoms with Gasteiger partial charge in [-0.25, -0.2) is 8.78 Å². The molecule has 1 nitrogen and oxygen atoms in total. The van der Waals surface area contributed by atoms with Crippen molar-refractivity contribution in [2.45, 2.75) is 0 Å². The van der Waals surface area contributed by atoms with Gasteiger partial charge in [0.05, 0.1) is 0 Å². The molecule has 0 aliphatic rings. The molecule has 1 rings (SSSR count). The van der Waals surface area contributed by atoms with Gasteiger partial charge in [-0.1, -0.05) is 23.8 Å². The summed E-state index contributed by atoms with van der Waals surface area (Å²) in [5.74, 6) is -3.94. The summed E-state index contributed by atoms with van der Waals surface area (Å²) in [5, 5.41) is -0.631. The highest BCUT2D eigenvalue weighted by molar-refractivity contribution is 7.71. The monoisotopic (exact) mass is 199 g/mol.